The van der Waals surface area contributed by atoms with E-state index in [2.05, 4.69) is 5.32 Å². The van der Waals surface area contributed by atoms with E-state index in [0.29, 0.717) is 11.6 Å². The zero-order valence-electron chi connectivity index (χ0n) is 9.25. The summed E-state index contributed by atoms with van der Waals surface area (Å²) in [5.41, 5.74) is -0.174. The van der Waals surface area contributed by atoms with Gasteiger partial charge in [-0.15, -0.1) is 0 Å². The van der Waals surface area contributed by atoms with Crippen LogP contribution in [0.4, 0.5) is 0 Å². The lowest BCUT2D eigenvalue weighted by molar-refractivity contribution is -0.126. The molecule has 4 heteroatoms. The second kappa shape index (κ2) is 5.00. The third-order valence-electron chi connectivity index (χ3n) is 2.24. The van der Waals surface area contributed by atoms with Gasteiger partial charge in [-0.1, -0.05) is 29.8 Å². The minimum atomic E-state index is -1.01. The molecule has 0 unspecified atom stereocenters. The van der Waals surface area contributed by atoms with E-state index < -0.39 is 5.41 Å². The molecule has 0 aliphatic rings. The SMILES string of the molecule is CC(C)(C#N)C(=O)NCc1ccccc1Cl. The predicted octanol–water partition coefficient (Wildman–Crippen LogP) is 2.51. The number of benzene rings is 1. The molecule has 0 saturated heterocycles. The van der Waals surface area contributed by atoms with Gasteiger partial charge in [-0.05, 0) is 25.5 Å². The van der Waals surface area contributed by atoms with Crippen molar-refractivity contribution in [1.82, 2.24) is 5.32 Å². The lowest BCUT2D eigenvalue weighted by atomic mass is 9.95. The lowest BCUT2D eigenvalue weighted by Gasteiger charge is -2.15. The van der Waals surface area contributed by atoms with Gasteiger partial charge in [-0.2, -0.15) is 5.26 Å². The van der Waals surface area contributed by atoms with Crippen LogP contribution in [-0.2, 0) is 11.3 Å². The Labute approximate surface area is 100 Å². The second-order valence-electron chi connectivity index (χ2n) is 4.01. The fraction of sp³-hybridized carbons (Fsp3) is 0.333. The molecule has 3 nitrogen and oxygen atoms in total. The molecule has 1 aromatic carbocycles. The fourth-order valence-electron chi connectivity index (χ4n) is 1.09. The van der Waals surface area contributed by atoms with Gasteiger partial charge in [-0.3, -0.25) is 4.79 Å². The van der Waals surface area contributed by atoms with E-state index in [9.17, 15) is 4.79 Å². The van der Waals surface area contributed by atoms with Gasteiger partial charge in [-0.25, -0.2) is 0 Å². The van der Waals surface area contributed by atoms with Gasteiger partial charge in [0.25, 0.3) is 0 Å². The number of carbonyl (C=O) groups excluding carboxylic acids is 1. The van der Waals surface area contributed by atoms with Crippen LogP contribution < -0.4 is 5.32 Å². The summed E-state index contributed by atoms with van der Waals surface area (Å²) in [5.74, 6) is -0.296. The average Bonchev–Trinajstić information content (AvgIpc) is 2.27. The monoisotopic (exact) mass is 236 g/mol. The zero-order valence-corrected chi connectivity index (χ0v) is 10.0. The van der Waals surface area contributed by atoms with E-state index in [0.717, 1.165) is 5.56 Å². The van der Waals surface area contributed by atoms with Gasteiger partial charge in [0.15, 0.2) is 0 Å². The number of halogens is 1. The summed E-state index contributed by atoms with van der Waals surface area (Å²) in [4.78, 5) is 11.6. The molecule has 1 rings (SSSR count). The van der Waals surface area contributed by atoms with Crippen LogP contribution in [0.3, 0.4) is 0 Å². The first kappa shape index (κ1) is 12.5. The topological polar surface area (TPSA) is 52.9 Å². The van der Waals surface area contributed by atoms with E-state index in [-0.39, 0.29) is 5.91 Å². The maximum absolute atomic E-state index is 11.6. The van der Waals surface area contributed by atoms with Crippen LogP contribution in [0.1, 0.15) is 19.4 Å². The number of nitriles is 1. The first-order valence-electron chi connectivity index (χ1n) is 4.90. The molecule has 0 aliphatic carbocycles. The summed E-state index contributed by atoms with van der Waals surface area (Å²) < 4.78 is 0. The molecule has 0 aromatic heterocycles. The summed E-state index contributed by atoms with van der Waals surface area (Å²) in [7, 11) is 0. The number of rotatable bonds is 3. The normalized spacial score (nSPS) is 10.6. The van der Waals surface area contributed by atoms with Crippen LogP contribution in [-0.4, -0.2) is 5.91 Å². The summed E-state index contributed by atoms with van der Waals surface area (Å²) in [6, 6.07) is 9.22. The lowest BCUT2D eigenvalue weighted by Crippen LogP contribution is -2.35. The molecule has 0 bridgehead atoms. The maximum Gasteiger partial charge on any atom is 0.240 e. The number of hydrogen-bond acceptors (Lipinski definition) is 2. The van der Waals surface area contributed by atoms with Gasteiger partial charge in [0.2, 0.25) is 5.91 Å². The molecule has 0 fully saturated rings. The molecule has 0 spiro atoms. The van der Waals surface area contributed by atoms with Crippen molar-refractivity contribution in [2.45, 2.75) is 20.4 Å². The summed E-state index contributed by atoms with van der Waals surface area (Å²) in [5, 5.41) is 12.1. The Morgan fingerprint density at radius 3 is 2.69 bits per heavy atom. The molecule has 84 valence electrons. The highest BCUT2D eigenvalue weighted by molar-refractivity contribution is 6.31. The second-order valence-corrected chi connectivity index (χ2v) is 4.42. The summed E-state index contributed by atoms with van der Waals surface area (Å²) in [6.07, 6.45) is 0. The number of nitrogens with one attached hydrogen (secondary N) is 1. The van der Waals surface area contributed by atoms with E-state index in [1.54, 1.807) is 19.9 Å². The Hall–Kier alpha value is -1.53. The molecule has 0 atom stereocenters. The molecule has 1 N–H and O–H groups in total. The van der Waals surface area contributed by atoms with Crippen LogP contribution in [0.15, 0.2) is 24.3 Å². The van der Waals surface area contributed by atoms with Crippen molar-refractivity contribution in [1.29, 1.82) is 5.26 Å². The fourth-order valence-corrected chi connectivity index (χ4v) is 1.29. The smallest absolute Gasteiger partial charge is 0.240 e. The van der Waals surface area contributed by atoms with Crippen LogP contribution in [0, 0.1) is 16.7 Å². The molecular formula is C12H13ClN2O. The van der Waals surface area contributed by atoms with Crippen LogP contribution >= 0.6 is 11.6 Å². The Kier molecular flexibility index (Phi) is 3.92. The third kappa shape index (κ3) is 2.98. The van der Waals surface area contributed by atoms with Crippen LogP contribution in [0.25, 0.3) is 0 Å². The van der Waals surface area contributed by atoms with E-state index in [1.165, 1.54) is 0 Å². The zero-order chi connectivity index (χ0) is 12.2. The van der Waals surface area contributed by atoms with Crippen molar-refractivity contribution in [2.24, 2.45) is 5.41 Å². The van der Waals surface area contributed by atoms with Crippen molar-refractivity contribution in [3.8, 4) is 6.07 Å². The summed E-state index contributed by atoms with van der Waals surface area (Å²) in [6.45, 7) is 3.49. The predicted molar refractivity (Wildman–Crippen MR) is 62.7 cm³/mol. The summed E-state index contributed by atoms with van der Waals surface area (Å²) >= 11 is 5.94. The Morgan fingerprint density at radius 2 is 2.12 bits per heavy atom. The van der Waals surface area contributed by atoms with E-state index in [1.807, 2.05) is 24.3 Å². The number of amides is 1. The number of nitrogens with zero attached hydrogens (tertiary/aromatic N) is 1. The van der Waals surface area contributed by atoms with Crippen LogP contribution in [0.2, 0.25) is 5.02 Å². The quantitative estimate of drug-likeness (QED) is 0.877. The Balaban J connectivity index is 2.64. The standard InChI is InChI=1S/C12H13ClN2O/c1-12(2,8-14)11(16)15-7-9-5-3-4-6-10(9)13/h3-6H,7H2,1-2H3,(H,15,16). The van der Waals surface area contributed by atoms with Crippen molar-refractivity contribution >= 4 is 17.5 Å². The third-order valence-corrected chi connectivity index (χ3v) is 2.61. The largest absolute Gasteiger partial charge is 0.351 e. The van der Waals surface area contributed by atoms with E-state index in [4.69, 9.17) is 16.9 Å². The molecule has 1 aromatic rings. The highest BCUT2D eigenvalue weighted by atomic mass is 35.5. The van der Waals surface area contributed by atoms with Gasteiger partial charge in [0.1, 0.15) is 5.41 Å². The molecule has 16 heavy (non-hydrogen) atoms. The maximum atomic E-state index is 11.6. The van der Waals surface area contributed by atoms with Crippen molar-refractivity contribution in [3.05, 3.63) is 34.9 Å². The van der Waals surface area contributed by atoms with Crippen molar-refractivity contribution < 1.29 is 4.79 Å². The van der Waals surface area contributed by atoms with Gasteiger partial charge < -0.3 is 5.32 Å². The molecule has 0 radical (unpaired) electrons. The highest BCUT2D eigenvalue weighted by Crippen LogP contribution is 2.16. The molecule has 0 heterocycles. The van der Waals surface area contributed by atoms with Crippen molar-refractivity contribution in [2.75, 3.05) is 0 Å². The van der Waals surface area contributed by atoms with Gasteiger partial charge >= 0.3 is 0 Å². The molecule has 0 saturated carbocycles. The first-order valence-corrected chi connectivity index (χ1v) is 5.28. The molecular weight excluding hydrogens is 224 g/mol. The van der Waals surface area contributed by atoms with Gasteiger partial charge in [0, 0.05) is 11.6 Å². The number of carbonyl (C=O) groups is 1. The average molecular weight is 237 g/mol. The minimum absolute atomic E-state index is 0.296. The number of hydrogen-bond donors (Lipinski definition) is 1. The Bertz CT molecular complexity index is 435. The van der Waals surface area contributed by atoms with Crippen LogP contribution in [0.5, 0.6) is 0 Å². The highest BCUT2D eigenvalue weighted by Gasteiger charge is 2.26. The van der Waals surface area contributed by atoms with Crippen molar-refractivity contribution in [3.63, 3.8) is 0 Å². The minimum Gasteiger partial charge on any atom is -0.351 e. The first-order chi connectivity index (χ1) is 7.47. The van der Waals surface area contributed by atoms with Gasteiger partial charge in [0.05, 0.1) is 6.07 Å². The Morgan fingerprint density at radius 1 is 1.50 bits per heavy atom. The molecule has 0 aliphatic heterocycles. The molecule has 1 amide bonds. The van der Waals surface area contributed by atoms with E-state index >= 15 is 0 Å².